The van der Waals surface area contributed by atoms with Crippen LogP contribution in [0.15, 0.2) is 108 Å². The van der Waals surface area contributed by atoms with E-state index in [1.54, 1.807) is 23.1 Å². The number of amides is 2. The zero-order chi connectivity index (χ0) is 26.2. The minimum absolute atomic E-state index is 0.0250. The van der Waals surface area contributed by atoms with Crippen LogP contribution in [-0.2, 0) is 4.79 Å². The molecule has 1 unspecified atom stereocenters. The van der Waals surface area contributed by atoms with E-state index in [9.17, 15) is 9.59 Å². The summed E-state index contributed by atoms with van der Waals surface area (Å²) in [6.07, 6.45) is 0. The standard InChI is InChI=1S/C30H28N2O4S/c1-21(30(34)32(23-11-6-4-7-12-23)24-13-8-5-9-14-24)37-25-19-17-22(18-20-25)31-29(33)28-26(35-2)15-10-16-27(28)36-3/h4-21H,1-3H3,(H,31,33). The van der Waals surface area contributed by atoms with Gasteiger partial charge in [0.2, 0.25) is 5.91 Å². The van der Waals surface area contributed by atoms with Gasteiger partial charge in [-0.1, -0.05) is 42.5 Å². The molecule has 0 fully saturated rings. The average molecular weight is 513 g/mol. The van der Waals surface area contributed by atoms with Gasteiger partial charge in [-0.15, -0.1) is 11.8 Å². The molecule has 0 aliphatic rings. The third-order valence-corrected chi connectivity index (χ3v) is 6.78. The molecule has 0 aliphatic heterocycles. The first kappa shape index (κ1) is 25.9. The molecule has 0 bridgehead atoms. The van der Waals surface area contributed by atoms with Gasteiger partial charge >= 0.3 is 0 Å². The lowest BCUT2D eigenvalue weighted by molar-refractivity contribution is -0.117. The van der Waals surface area contributed by atoms with Gasteiger partial charge in [0.25, 0.3) is 5.91 Å². The van der Waals surface area contributed by atoms with E-state index in [1.165, 1.54) is 26.0 Å². The van der Waals surface area contributed by atoms with Gasteiger partial charge in [-0.05, 0) is 67.6 Å². The van der Waals surface area contributed by atoms with E-state index < -0.39 is 0 Å². The zero-order valence-electron chi connectivity index (χ0n) is 20.9. The van der Waals surface area contributed by atoms with Gasteiger partial charge < -0.3 is 14.8 Å². The highest BCUT2D eigenvalue weighted by molar-refractivity contribution is 8.00. The molecular weight excluding hydrogens is 484 g/mol. The highest BCUT2D eigenvalue weighted by atomic mass is 32.2. The van der Waals surface area contributed by atoms with Crippen molar-refractivity contribution in [2.75, 3.05) is 24.4 Å². The quantitative estimate of drug-likeness (QED) is 0.250. The fraction of sp³-hybridized carbons (Fsp3) is 0.133. The van der Waals surface area contributed by atoms with Crippen molar-refractivity contribution in [1.29, 1.82) is 0 Å². The second-order valence-corrected chi connectivity index (χ2v) is 9.54. The lowest BCUT2D eigenvalue weighted by atomic mass is 10.1. The summed E-state index contributed by atoms with van der Waals surface area (Å²) in [4.78, 5) is 29.2. The summed E-state index contributed by atoms with van der Waals surface area (Å²) in [5.41, 5.74) is 2.58. The topological polar surface area (TPSA) is 67.9 Å². The van der Waals surface area contributed by atoms with Crippen molar-refractivity contribution < 1.29 is 19.1 Å². The van der Waals surface area contributed by atoms with Crippen LogP contribution in [-0.4, -0.2) is 31.3 Å². The van der Waals surface area contributed by atoms with Crippen molar-refractivity contribution >= 4 is 40.6 Å². The van der Waals surface area contributed by atoms with Crippen LogP contribution in [0.1, 0.15) is 17.3 Å². The van der Waals surface area contributed by atoms with Crippen LogP contribution in [0.2, 0.25) is 0 Å². The van der Waals surface area contributed by atoms with Crippen molar-refractivity contribution in [3.05, 3.63) is 109 Å². The molecule has 37 heavy (non-hydrogen) atoms. The largest absolute Gasteiger partial charge is 0.496 e. The van der Waals surface area contributed by atoms with Crippen LogP contribution in [0.4, 0.5) is 17.1 Å². The van der Waals surface area contributed by atoms with E-state index in [4.69, 9.17) is 9.47 Å². The number of hydrogen-bond acceptors (Lipinski definition) is 5. The molecule has 4 aromatic rings. The maximum absolute atomic E-state index is 13.6. The maximum atomic E-state index is 13.6. The van der Waals surface area contributed by atoms with E-state index in [2.05, 4.69) is 5.32 Å². The Bertz CT molecular complexity index is 1280. The van der Waals surface area contributed by atoms with Crippen LogP contribution in [0.3, 0.4) is 0 Å². The minimum atomic E-state index is -0.348. The Balaban J connectivity index is 1.47. The molecule has 6 nitrogen and oxygen atoms in total. The molecule has 0 spiro atoms. The van der Waals surface area contributed by atoms with Crippen molar-refractivity contribution in [3.8, 4) is 11.5 Å². The number of nitrogens with zero attached hydrogens (tertiary/aromatic N) is 1. The summed E-state index contributed by atoms with van der Waals surface area (Å²) < 4.78 is 10.7. The van der Waals surface area contributed by atoms with Gasteiger partial charge in [0.15, 0.2) is 0 Å². The van der Waals surface area contributed by atoms with Crippen LogP contribution in [0, 0.1) is 0 Å². The number of thioether (sulfide) groups is 1. The maximum Gasteiger partial charge on any atom is 0.263 e. The predicted octanol–water partition coefficient (Wildman–Crippen LogP) is 6.80. The molecule has 1 atom stereocenters. The normalized spacial score (nSPS) is 11.3. The number of ether oxygens (including phenoxy) is 2. The molecule has 7 heteroatoms. The molecule has 4 aromatic carbocycles. The second kappa shape index (κ2) is 12.1. The van der Waals surface area contributed by atoms with Gasteiger partial charge in [-0.2, -0.15) is 0 Å². The molecule has 2 amide bonds. The second-order valence-electron chi connectivity index (χ2n) is 8.12. The first-order valence-electron chi connectivity index (χ1n) is 11.7. The summed E-state index contributed by atoms with van der Waals surface area (Å²) >= 11 is 1.46. The molecule has 0 aliphatic carbocycles. The summed E-state index contributed by atoms with van der Waals surface area (Å²) in [6, 6.07) is 31.8. The van der Waals surface area contributed by atoms with Gasteiger partial charge in [-0.3, -0.25) is 14.5 Å². The van der Waals surface area contributed by atoms with E-state index in [0.717, 1.165) is 16.3 Å². The molecular formula is C30H28N2O4S. The SMILES string of the molecule is COc1cccc(OC)c1C(=O)Nc1ccc(SC(C)C(=O)N(c2ccccc2)c2ccccc2)cc1. The Labute approximate surface area is 221 Å². The monoisotopic (exact) mass is 512 g/mol. The van der Waals surface area contributed by atoms with E-state index in [1.807, 2.05) is 91.9 Å². The fourth-order valence-corrected chi connectivity index (χ4v) is 4.79. The van der Waals surface area contributed by atoms with Gasteiger partial charge in [0.05, 0.1) is 19.5 Å². The molecule has 0 saturated carbocycles. The number of benzene rings is 4. The molecule has 188 valence electrons. The van der Waals surface area contributed by atoms with Crippen LogP contribution >= 0.6 is 11.8 Å². The summed E-state index contributed by atoms with van der Waals surface area (Å²) in [6.45, 7) is 1.90. The third-order valence-electron chi connectivity index (χ3n) is 5.68. The summed E-state index contributed by atoms with van der Waals surface area (Å²) in [7, 11) is 3.02. The highest BCUT2D eigenvalue weighted by Gasteiger charge is 2.24. The minimum Gasteiger partial charge on any atom is -0.496 e. The van der Waals surface area contributed by atoms with Crippen LogP contribution < -0.4 is 19.7 Å². The van der Waals surface area contributed by atoms with Crippen LogP contribution in [0.5, 0.6) is 11.5 Å². The van der Waals surface area contributed by atoms with Gasteiger partial charge in [0.1, 0.15) is 17.1 Å². The molecule has 0 saturated heterocycles. The van der Waals surface area contributed by atoms with E-state index >= 15 is 0 Å². The smallest absolute Gasteiger partial charge is 0.263 e. The molecule has 0 heterocycles. The molecule has 0 aromatic heterocycles. The Morgan fingerprint density at radius 3 is 1.73 bits per heavy atom. The average Bonchev–Trinajstić information content (AvgIpc) is 2.94. The number of methoxy groups -OCH3 is 2. The van der Waals surface area contributed by atoms with Crippen molar-refractivity contribution in [2.24, 2.45) is 0 Å². The molecule has 4 rings (SSSR count). The lowest BCUT2D eigenvalue weighted by Crippen LogP contribution is -2.32. The van der Waals surface area contributed by atoms with Crippen molar-refractivity contribution in [2.45, 2.75) is 17.1 Å². The lowest BCUT2D eigenvalue weighted by Gasteiger charge is -2.26. The Morgan fingerprint density at radius 1 is 0.730 bits per heavy atom. The predicted molar refractivity (Wildman–Crippen MR) is 149 cm³/mol. The van der Waals surface area contributed by atoms with E-state index in [-0.39, 0.29) is 17.1 Å². The molecule has 1 N–H and O–H groups in total. The summed E-state index contributed by atoms with van der Waals surface area (Å²) in [5, 5.41) is 2.54. The number of anilines is 3. The van der Waals surface area contributed by atoms with E-state index in [0.29, 0.717) is 22.7 Å². The first-order valence-corrected chi connectivity index (χ1v) is 12.6. The number of para-hydroxylation sites is 2. The van der Waals surface area contributed by atoms with Crippen molar-refractivity contribution in [3.63, 3.8) is 0 Å². The zero-order valence-corrected chi connectivity index (χ0v) is 21.7. The number of carbonyl (C=O) groups is 2. The third kappa shape index (κ3) is 6.13. The Kier molecular flexibility index (Phi) is 8.48. The number of hydrogen-bond donors (Lipinski definition) is 1. The van der Waals surface area contributed by atoms with Crippen molar-refractivity contribution in [1.82, 2.24) is 0 Å². The fourth-order valence-electron chi connectivity index (χ4n) is 3.88. The Morgan fingerprint density at radius 2 is 1.24 bits per heavy atom. The number of rotatable bonds is 9. The van der Waals surface area contributed by atoms with Crippen LogP contribution in [0.25, 0.3) is 0 Å². The Hall–Kier alpha value is -4.23. The first-order chi connectivity index (χ1) is 18.0. The van der Waals surface area contributed by atoms with Gasteiger partial charge in [-0.25, -0.2) is 0 Å². The number of nitrogens with one attached hydrogen (secondary N) is 1. The highest BCUT2D eigenvalue weighted by Crippen LogP contribution is 2.32. The molecule has 0 radical (unpaired) electrons. The summed E-state index contributed by atoms with van der Waals surface area (Å²) in [5.74, 6) is 0.498. The van der Waals surface area contributed by atoms with Gasteiger partial charge in [0, 0.05) is 22.0 Å². The number of carbonyl (C=O) groups excluding carboxylic acids is 2.